The van der Waals surface area contributed by atoms with Gasteiger partial charge >= 0.3 is 17.9 Å². The molecule has 0 bridgehead atoms. The summed E-state index contributed by atoms with van der Waals surface area (Å²) in [4.78, 5) is 39.3. The third kappa shape index (κ3) is 4.24. The second kappa shape index (κ2) is 10.1. The van der Waals surface area contributed by atoms with Gasteiger partial charge in [0.15, 0.2) is 5.41 Å². The van der Waals surface area contributed by atoms with Crippen molar-refractivity contribution in [3.8, 4) is 0 Å². The van der Waals surface area contributed by atoms with Crippen molar-refractivity contribution in [1.29, 1.82) is 0 Å². The van der Waals surface area contributed by atoms with Crippen LogP contribution < -0.4 is 0 Å². The highest BCUT2D eigenvalue weighted by molar-refractivity contribution is 6.13. The number of benzene rings is 1. The number of unbranched alkanes of at least 4 members (excludes halogenated alkanes) is 1. The zero-order valence-electron chi connectivity index (χ0n) is 18.3. The predicted octanol–water partition coefficient (Wildman–Crippen LogP) is 3.33. The average Bonchev–Trinajstić information content (AvgIpc) is 3.16. The molecule has 1 aliphatic carbocycles. The summed E-state index contributed by atoms with van der Waals surface area (Å²) in [6, 6.07) is 9.64. The van der Waals surface area contributed by atoms with Gasteiger partial charge in [-0.25, -0.2) is 4.79 Å². The number of rotatable bonds is 9. The molecule has 1 aromatic rings. The Morgan fingerprint density at radius 1 is 1.06 bits per heavy atom. The van der Waals surface area contributed by atoms with Gasteiger partial charge in [0.25, 0.3) is 0 Å². The number of hydrogen-bond acceptors (Lipinski definition) is 7. The molecule has 0 aromatic heterocycles. The minimum atomic E-state index is -1.89. The van der Waals surface area contributed by atoms with Gasteiger partial charge in [-0.1, -0.05) is 43.7 Å². The summed E-state index contributed by atoms with van der Waals surface area (Å²) in [6.45, 7) is 5.99. The van der Waals surface area contributed by atoms with Gasteiger partial charge in [-0.05, 0) is 31.4 Å². The van der Waals surface area contributed by atoms with Crippen LogP contribution in [0, 0.1) is 5.41 Å². The third-order valence-electron chi connectivity index (χ3n) is 5.80. The number of carbonyl (C=O) groups excluding carboxylic acids is 3. The van der Waals surface area contributed by atoms with E-state index in [2.05, 4.69) is 6.92 Å². The van der Waals surface area contributed by atoms with Gasteiger partial charge < -0.3 is 18.9 Å². The molecule has 31 heavy (non-hydrogen) atoms. The van der Waals surface area contributed by atoms with E-state index in [-0.39, 0.29) is 37.7 Å². The smallest absolute Gasteiger partial charge is 0.336 e. The van der Waals surface area contributed by atoms with Crippen LogP contribution in [0.1, 0.15) is 51.5 Å². The Balaban J connectivity index is 2.19. The van der Waals surface area contributed by atoms with Gasteiger partial charge in [0.2, 0.25) is 0 Å². The minimum absolute atomic E-state index is 0.00191. The first-order valence-electron chi connectivity index (χ1n) is 10.9. The van der Waals surface area contributed by atoms with E-state index >= 15 is 0 Å². The maximum absolute atomic E-state index is 13.2. The van der Waals surface area contributed by atoms with Crippen LogP contribution >= 0.6 is 0 Å². The van der Waals surface area contributed by atoms with Crippen molar-refractivity contribution in [2.45, 2.75) is 52.1 Å². The van der Waals surface area contributed by atoms with Crippen molar-refractivity contribution in [3.63, 3.8) is 0 Å². The summed E-state index contributed by atoms with van der Waals surface area (Å²) >= 11 is 0. The first-order chi connectivity index (χ1) is 15.0. The molecule has 0 spiro atoms. The van der Waals surface area contributed by atoms with Gasteiger partial charge in [0.05, 0.1) is 24.9 Å². The zero-order chi connectivity index (χ0) is 22.4. The van der Waals surface area contributed by atoms with Crippen LogP contribution in [0.4, 0.5) is 0 Å². The zero-order valence-corrected chi connectivity index (χ0v) is 18.3. The van der Waals surface area contributed by atoms with Gasteiger partial charge in [-0.2, -0.15) is 0 Å². The van der Waals surface area contributed by atoms with Crippen molar-refractivity contribution < 1.29 is 33.3 Å². The average molecular weight is 430 g/mol. The molecule has 0 fully saturated rings. The lowest BCUT2D eigenvalue weighted by Crippen LogP contribution is -2.51. The van der Waals surface area contributed by atoms with Crippen LogP contribution in [0.25, 0.3) is 0 Å². The standard InChI is InChI=1S/C24H30O7/c1-4-7-13-30-18-14-24(22(26)28-5-2,23(27)29-6-3)20-17(15-31-21(20)25)19(18)16-11-9-8-10-12-16/h8-12,18-19H,4-7,13-15H2,1-3H3. The van der Waals surface area contributed by atoms with E-state index in [4.69, 9.17) is 18.9 Å². The second-order valence-corrected chi connectivity index (χ2v) is 7.68. The highest BCUT2D eigenvalue weighted by atomic mass is 16.6. The summed E-state index contributed by atoms with van der Waals surface area (Å²) in [5.41, 5.74) is -0.313. The van der Waals surface area contributed by atoms with Crippen molar-refractivity contribution in [2.75, 3.05) is 26.4 Å². The molecule has 0 N–H and O–H groups in total. The lowest BCUT2D eigenvalue weighted by atomic mass is 9.64. The van der Waals surface area contributed by atoms with Crippen molar-refractivity contribution in [3.05, 3.63) is 47.0 Å². The summed E-state index contributed by atoms with van der Waals surface area (Å²) in [7, 11) is 0. The fourth-order valence-electron chi connectivity index (χ4n) is 4.43. The molecule has 1 aromatic carbocycles. The molecular weight excluding hydrogens is 400 g/mol. The van der Waals surface area contributed by atoms with Crippen LogP contribution in [0.2, 0.25) is 0 Å². The maximum Gasteiger partial charge on any atom is 0.336 e. The fraction of sp³-hybridized carbons (Fsp3) is 0.542. The minimum Gasteiger partial charge on any atom is -0.465 e. The second-order valence-electron chi connectivity index (χ2n) is 7.68. The summed E-state index contributed by atoms with van der Waals surface area (Å²) in [5.74, 6) is -2.58. The molecule has 0 radical (unpaired) electrons. The Bertz CT molecular complexity index is 825. The fourth-order valence-corrected chi connectivity index (χ4v) is 4.43. The largest absolute Gasteiger partial charge is 0.465 e. The topological polar surface area (TPSA) is 88.1 Å². The van der Waals surface area contributed by atoms with Crippen molar-refractivity contribution in [2.24, 2.45) is 5.41 Å². The van der Waals surface area contributed by atoms with Crippen molar-refractivity contribution >= 4 is 17.9 Å². The van der Waals surface area contributed by atoms with E-state index in [0.717, 1.165) is 18.4 Å². The van der Waals surface area contributed by atoms with E-state index in [0.29, 0.717) is 12.2 Å². The molecule has 0 amide bonds. The monoisotopic (exact) mass is 430 g/mol. The van der Waals surface area contributed by atoms with Crippen LogP contribution in [0.5, 0.6) is 0 Å². The van der Waals surface area contributed by atoms with Crippen LogP contribution in [-0.2, 0) is 33.3 Å². The molecule has 168 valence electrons. The molecule has 1 heterocycles. The number of ether oxygens (including phenoxy) is 4. The highest BCUT2D eigenvalue weighted by Gasteiger charge is 2.63. The maximum atomic E-state index is 13.2. The molecule has 2 atom stereocenters. The van der Waals surface area contributed by atoms with Crippen LogP contribution in [0.3, 0.4) is 0 Å². The number of esters is 3. The number of carbonyl (C=O) groups is 3. The lowest BCUT2D eigenvalue weighted by molar-refractivity contribution is -0.174. The van der Waals surface area contributed by atoms with E-state index in [9.17, 15) is 14.4 Å². The Hall–Kier alpha value is -2.67. The van der Waals surface area contributed by atoms with Gasteiger partial charge in [-0.3, -0.25) is 9.59 Å². The number of hydrogen-bond donors (Lipinski definition) is 0. The lowest BCUT2D eigenvalue weighted by Gasteiger charge is -2.41. The third-order valence-corrected chi connectivity index (χ3v) is 5.80. The van der Waals surface area contributed by atoms with Gasteiger partial charge in [0, 0.05) is 18.9 Å². The summed E-state index contributed by atoms with van der Waals surface area (Å²) in [5, 5.41) is 0. The summed E-state index contributed by atoms with van der Waals surface area (Å²) in [6.07, 6.45) is 1.22. The van der Waals surface area contributed by atoms with E-state index in [1.165, 1.54) is 0 Å². The van der Waals surface area contributed by atoms with Gasteiger partial charge in [-0.15, -0.1) is 0 Å². The molecule has 0 saturated carbocycles. The Kier molecular flexibility index (Phi) is 7.49. The molecule has 3 rings (SSSR count). The van der Waals surface area contributed by atoms with E-state index < -0.39 is 29.4 Å². The van der Waals surface area contributed by atoms with Gasteiger partial charge in [0.1, 0.15) is 6.61 Å². The molecule has 7 heteroatoms. The molecule has 7 nitrogen and oxygen atoms in total. The first-order valence-corrected chi connectivity index (χ1v) is 10.9. The molecule has 2 aliphatic rings. The van der Waals surface area contributed by atoms with Crippen LogP contribution in [0.15, 0.2) is 41.5 Å². The predicted molar refractivity (Wildman–Crippen MR) is 112 cm³/mol. The molecule has 1 aliphatic heterocycles. The SMILES string of the molecule is CCCCOC1CC(C(=O)OCC)(C(=O)OCC)C2=C(COC2=O)C1c1ccccc1. The van der Waals surface area contributed by atoms with Crippen LogP contribution in [-0.4, -0.2) is 50.4 Å². The molecule has 2 unspecified atom stereocenters. The molecule has 0 saturated heterocycles. The first kappa shape index (κ1) is 23.0. The quantitative estimate of drug-likeness (QED) is 0.257. The summed E-state index contributed by atoms with van der Waals surface area (Å²) < 4.78 is 22.2. The normalized spacial score (nSPS) is 22.0. The Morgan fingerprint density at radius 3 is 2.29 bits per heavy atom. The molecular formula is C24H30O7. The Morgan fingerprint density at radius 2 is 1.71 bits per heavy atom. The number of cyclic esters (lactones) is 1. The van der Waals surface area contributed by atoms with E-state index in [1.807, 2.05) is 30.3 Å². The Labute approximate surface area is 182 Å². The highest BCUT2D eigenvalue weighted by Crippen LogP contribution is 2.52. The van der Waals surface area contributed by atoms with Crippen molar-refractivity contribution in [1.82, 2.24) is 0 Å². The van der Waals surface area contributed by atoms with E-state index in [1.54, 1.807) is 13.8 Å².